The van der Waals surface area contributed by atoms with Gasteiger partial charge in [0.15, 0.2) is 0 Å². The fourth-order valence-corrected chi connectivity index (χ4v) is 1.16. The zero-order chi connectivity index (χ0) is 6.69. The van der Waals surface area contributed by atoms with E-state index in [9.17, 15) is 0 Å². The average Bonchev–Trinajstić information content (AvgIpc) is 1.90. The van der Waals surface area contributed by atoms with Gasteiger partial charge in [-0.05, 0) is 11.6 Å². The standard InChI is InChI=1S/C7H5Br2/c8-7(9)6-4-2-1-3-5-6/h2-5,7H. The summed E-state index contributed by atoms with van der Waals surface area (Å²) in [6.07, 6.45) is 0. The van der Waals surface area contributed by atoms with Gasteiger partial charge in [-0.1, -0.05) is 56.1 Å². The number of halogens is 2. The Bertz CT molecular complexity index is 170. The molecule has 0 aromatic heterocycles. The van der Waals surface area contributed by atoms with Crippen LogP contribution in [0.5, 0.6) is 0 Å². The van der Waals surface area contributed by atoms with Crippen LogP contribution in [0.25, 0.3) is 0 Å². The molecule has 1 rings (SSSR count). The first-order valence-corrected chi connectivity index (χ1v) is 4.38. The highest BCUT2D eigenvalue weighted by atomic mass is 79.9. The minimum absolute atomic E-state index is 0.264. The van der Waals surface area contributed by atoms with Crippen molar-refractivity contribution in [1.82, 2.24) is 0 Å². The summed E-state index contributed by atoms with van der Waals surface area (Å²) in [5.74, 6) is 0. The molecular weight excluding hydrogens is 244 g/mol. The van der Waals surface area contributed by atoms with Crippen molar-refractivity contribution in [2.45, 2.75) is 3.74 Å². The summed E-state index contributed by atoms with van der Waals surface area (Å²) in [6, 6.07) is 10.7. The molecule has 47 valence electrons. The second-order valence-corrected chi connectivity index (χ2v) is 4.69. The third-order valence-electron chi connectivity index (χ3n) is 0.996. The van der Waals surface area contributed by atoms with E-state index in [4.69, 9.17) is 0 Å². The fourth-order valence-electron chi connectivity index (χ4n) is 0.545. The lowest BCUT2D eigenvalue weighted by atomic mass is 10.2. The maximum absolute atomic E-state index is 3.39. The molecule has 9 heavy (non-hydrogen) atoms. The minimum Gasteiger partial charge on any atom is -0.0712 e. The van der Waals surface area contributed by atoms with E-state index < -0.39 is 0 Å². The molecule has 0 N–H and O–H groups in total. The van der Waals surface area contributed by atoms with Crippen LogP contribution in [0.4, 0.5) is 0 Å². The van der Waals surface area contributed by atoms with Crippen LogP contribution in [-0.4, -0.2) is 0 Å². The number of alkyl halides is 2. The topological polar surface area (TPSA) is 0 Å². The Morgan fingerprint density at radius 3 is 2.11 bits per heavy atom. The Morgan fingerprint density at radius 1 is 1.22 bits per heavy atom. The van der Waals surface area contributed by atoms with Crippen molar-refractivity contribution < 1.29 is 0 Å². The molecule has 0 bridgehead atoms. The molecule has 0 amide bonds. The van der Waals surface area contributed by atoms with E-state index in [0.717, 1.165) is 0 Å². The first-order chi connectivity index (χ1) is 4.30. The summed E-state index contributed by atoms with van der Waals surface area (Å²) < 4.78 is 0.264. The predicted octanol–water partition coefficient (Wildman–Crippen LogP) is 3.28. The maximum atomic E-state index is 3.39. The van der Waals surface area contributed by atoms with Gasteiger partial charge in [-0.2, -0.15) is 0 Å². The smallest absolute Gasteiger partial charge is 0.0712 e. The summed E-state index contributed by atoms with van der Waals surface area (Å²) in [4.78, 5) is 0. The van der Waals surface area contributed by atoms with Crippen molar-refractivity contribution >= 4 is 31.9 Å². The van der Waals surface area contributed by atoms with Gasteiger partial charge in [-0.15, -0.1) is 0 Å². The highest BCUT2D eigenvalue weighted by Crippen LogP contribution is 2.27. The van der Waals surface area contributed by atoms with Crippen LogP contribution in [0.1, 0.15) is 9.30 Å². The van der Waals surface area contributed by atoms with E-state index in [1.807, 2.05) is 24.3 Å². The van der Waals surface area contributed by atoms with Crippen LogP contribution in [0.3, 0.4) is 0 Å². The van der Waals surface area contributed by atoms with Crippen molar-refractivity contribution in [2.75, 3.05) is 0 Å². The zero-order valence-electron chi connectivity index (χ0n) is 4.64. The van der Waals surface area contributed by atoms with E-state index in [1.165, 1.54) is 5.56 Å². The van der Waals surface area contributed by atoms with Gasteiger partial charge in [-0.3, -0.25) is 0 Å². The van der Waals surface area contributed by atoms with Crippen LogP contribution in [0.2, 0.25) is 0 Å². The van der Waals surface area contributed by atoms with Crippen molar-refractivity contribution in [3.05, 3.63) is 35.9 Å². The summed E-state index contributed by atoms with van der Waals surface area (Å²) >= 11 is 6.77. The van der Waals surface area contributed by atoms with Gasteiger partial charge in [0.2, 0.25) is 0 Å². The van der Waals surface area contributed by atoms with E-state index in [0.29, 0.717) is 0 Å². The van der Waals surface area contributed by atoms with Gasteiger partial charge in [0.25, 0.3) is 0 Å². The molecule has 0 spiro atoms. The van der Waals surface area contributed by atoms with Gasteiger partial charge >= 0.3 is 0 Å². The first-order valence-electron chi connectivity index (χ1n) is 2.55. The van der Waals surface area contributed by atoms with Crippen molar-refractivity contribution in [3.63, 3.8) is 0 Å². The van der Waals surface area contributed by atoms with Crippen LogP contribution >= 0.6 is 31.9 Å². The van der Waals surface area contributed by atoms with Crippen LogP contribution in [0, 0.1) is 6.07 Å². The minimum atomic E-state index is 0.264. The lowest BCUT2D eigenvalue weighted by molar-refractivity contribution is 1.42. The average molecular weight is 249 g/mol. The number of benzene rings is 1. The Morgan fingerprint density at radius 2 is 1.78 bits per heavy atom. The van der Waals surface area contributed by atoms with E-state index in [2.05, 4.69) is 37.9 Å². The van der Waals surface area contributed by atoms with Crippen molar-refractivity contribution in [3.8, 4) is 0 Å². The monoisotopic (exact) mass is 247 g/mol. The highest BCUT2D eigenvalue weighted by Gasteiger charge is 1.97. The largest absolute Gasteiger partial charge is 0.0946 e. The van der Waals surface area contributed by atoms with Crippen LogP contribution in [0.15, 0.2) is 24.3 Å². The number of hydrogen-bond donors (Lipinski definition) is 0. The first kappa shape index (κ1) is 7.29. The lowest BCUT2D eigenvalue weighted by Gasteiger charge is -1.97. The quantitative estimate of drug-likeness (QED) is 0.670. The SMILES string of the molecule is BrC(Br)c1cc[c]cc1. The Balaban J connectivity index is 2.85. The molecule has 0 fully saturated rings. The lowest BCUT2D eigenvalue weighted by Crippen LogP contribution is -1.75. The molecule has 0 heterocycles. The molecule has 1 aromatic carbocycles. The Hall–Kier alpha value is 0.180. The summed E-state index contributed by atoms with van der Waals surface area (Å²) in [5, 5.41) is 0. The molecule has 0 unspecified atom stereocenters. The van der Waals surface area contributed by atoms with Gasteiger partial charge in [0.1, 0.15) is 0 Å². The molecular formula is C7H5Br2. The third-order valence-corrected chi connectivity index (χ3v) is 2.05. The number of rotatable bonds is 1. The highest BCUT2D eigenvalue weighted by molar-refractivity contribution is 9.24. The van der Waals surface area contributed by atoms with Crippen LogP contribution in [-0.2, 0) is 0 Å². The second-order valence-electron chi connectivity index (χ2n) is 1.63. The van der Waals surface area contributed by atoms with Crippen LogP contribution < -0.4 is 0 Å². The molecule has 0 saturated heterocycles. The number of hydrogen-bond acceptors (Lipinski definition) is 0. The molecule has 1 radical (unpaired) electrons. The molecule has 0 aliphatic heterocycles. The molecule has 0 saturated carbocycles. The van der Waals surface area contributed by atoms with Gasteiger partial charge < -0.3 is 0 Å². The van der Waals surface area contributed by atoms with E-state index in [1.54, 1.807) is 0 Å². The fraction of sp³-hybridized carbons (Fsp3) is 0.143. The molecule has 1 aromatic rings. The Labute approximate surface area is 71.5 Å². The van der Waals surface area contributed by atoms with Crippen molar-refractivity contribution in [2.24, 2.45) is 0 Å². The van der Waals surface area contributed by atoms with Gasteiger partial charge in [0, 0.05) is 0 Å². The van der Waals surface area contributed by atoms with E-state index >= 15 is 0 Å². The van der Waals surface area contributed by atoms with Crippen molar-refractivity contribution in [1.29, 1.82) is 0 Å². The molecule has 0 atom stereocenters. The molecule has 0 aliphatic carbocycles. The third kappa shape index (κ3) is 2.11. The summed E-state index contributed by atoms with van der Waals surface area (Å²) in [5.41, 5.74) is 1.22. The Kier molecular flexibility index (Phi) is 2.73. The van der Waals surface area contributed by atoms with Gasteiger partial charge in [-0.25, -0.2) is 0 Å². The molecule has 0 aliphatic rings. The molecule has 0 nitrogen and oxygen atoms in total. The van der Waals surface area contributed by atoms with E-state index in [-0.39, 0.29) is 3.74 Å². The van der Waals surface area contributed by atoms with Gasteiger partial charge in [0.05, 0.1) is 3.74 Å². The predicted molar refractivity (Wildman–Crippen MR) is 45.9 cm³/mol. The molecule has 2 heteroatoms. The second kappa shape index (κ2) is 3.37. The normalized spacial score (nSPS) is 10.1. The summed E-state index contributed by atoms with van der Waals surface area (Å²) in [6.45, 7) is 0. The summed E-state index contributed by atoms with van der Waals surface area (Å²) in [7, 11) is 0. The maximum Gasteiger partial charge on any atom is 0.0946 e. The zero-order valence-corrected chi connectivity index (χ0v) is 7.81.